The Morgan fingerprint density at radius 2 is 2.40 bits per heavy atom. The lowest BCUT2D eigenvalue weighted by Crippen LogP contribution is -1.97. The molecule has 0 spiro atoms. The fourth-order valence-electron chi connectivity index (χ4n) is 1.35. The summed E-state index contributed by atoms with van der Waals surface area (Å²) in [5.41, 5.74) is 1.95. The topological polar surface area (TPSA) is 55.1 Å². The van der Waals surface area contributed by atoms with Crippen molar-refractivity contribution >= 4 is 28.8 Å². The molecule has 4 nitrogen and oxygen atoms in total. The second-order valence-corrected chi connectivity index (χ2v) is 4.24. The first-order valence-electron chi connectivity index (χ1n) is 4.42. The number of carbonyl (C=O) groups is 1. The molecule has 0 atom stereocenters. The van der Waals surface area contributed by atoms with Crippen LogP contribution in [-0.2, 0) is 11.8 Å². The molecule has 0 aliphatic carbocycles. The molecule has 0 amide bonds. The molecule has 15 heavy (non-hydrogen) atoms. The van der Waals surface area contributed by atoms with Gasteiger partial charge in [0.1, 0.15) is 0 Å². The van der Waals surface area contributed by atoms with Crippen molar-refractivity contribution in [3.63, 3.8) is 0 Å². The lowest BCUT2D eigenvalue weighted by molar-refractivity contribution is -0.133. The van der Waals surface area contributed by atoms with Gasteiger partial charge >= 0.3 is 5.97 Å². The Morgan fingerprint density at radius 3 is 3.13 bits per heavy atom. The molecule has 0 fully saturated rings. The van der Waals surface area contributed by atoms with Gasteiger partial charge in [0, 0.05) is 11.9 Å². The molecule has 1 aromatic carbocycles. The average molecular weight is 222 g/mol. The highest BCUT2D eigenvalue weighted by molar-refractivity contribution is 8.00. The summed E-state index contributed by atoms with van der Waals surface area (Å²) in [5, 5.41) is 8.55. The van der Waals surface area contributed by atoms with Gasteiger partial charge in [0.05, 0.1) is 23.1 Å². The van der Waals surface area contributed by atoms with E-state index in [1.165, 1.54) is 11.8 Å². The lowest BCUT2D eigenvalue weighted by atomic mass is 10.3. The van der Waals surface area contributed by atoms with Crippen molar-refractivity contribution in [2.45, 2.75) is 4.90 Å². The minimum Gasteiger partial charge on any atom is -0.481 e. The third kappa shape index (κ3) is 2.12. The quantitative estimate of drug-likeness (QED) is 0.804. The minimum absolute atomic E-state index is 0.0817. The van der Waals surface area contributed by atoms with Crippen molar-refractivity contribution in [3.8, 4) is 0 Å². The second-order valence-electron chi connectivity index (χ2n) is 3.19. The molecule has 78 valence electrons. The number of aryl methyl sites for hydroxylation is 1. The molecule has 0 saturated carbocycles. The molecule has 0 unspecified atom stereocenters. The van der Waals surface area contributed by atoms with Gasteiger partial charge in [-0.1, -0.05) is 0 Å². The lowest BCUT2D eigenvalue weighted by Gasteiger charge is -1.99. The number of imidazole rings is 1. The molecule has 5 heteroatoms. The van der Waals surface area contributed by atoms with Crippen LogP contribution in [0.2, 0.25) is 0 Å². The normalized spacial score (nSPS) is 10.7. The van der Waals surface area contributed by atoms with Crippen LogP contribution in [-0.4, -0.2) is 26.4 Å². The van der Waals surface area contributed by atoms with Crippen LogP contribution >= 0.6 is 11.8 Å². The van der Waals surface area contributed by atoms with Crippen LogP contribution in [0.1, 0.15) is 0 Å². The predicted octanol–water partition coefficient (Wildman–Crippen LogP) is 1.75. The van der Waals surface area contributed by atoms with Crippen LogP contribution in [0.3, 0.4) is 0 Å². The third-order valence-electron chi connectivity index (χ3n) is 2.06. The molecular formula is C10H10N2O2S. The van der Waals surface area contributed by atoms with E-state index in [0.717, 1.165) is 15.9 Å². The van der Waals surface area contributed by atoms with Gasteiger partial charge in [-0.2, -0.15) is 0 Å². The molecule has 1 aromatic heterocycles. The van der Waals surface area contributed by atoms with Crippen LogP contribution in [0.15, 0.2) is 29.4 Å². The maximum Gasteiger partial charge on any atom is 0.313 e. The molecule has 0 bridgehead atoms. The summed E-state index contributed by atoms with van der Waals surface area (Å²) in [4.78, 5) is 15.5. The predicted molar refractivity (Wildman–Crippen MR) is 59.1 cm³/mol. The number of hydrogen-bond donors (Lipinski definition) is 1. The van der Waals surface area contributed by atoms with Gasteiger partial charge in [-0.3, -0.25) is 4.79 Å². The van der Waals surface area contributed by atoms with Gasteiger partial charge in [-0.05, 0) is 18.2 Å². The fraction of sp³-hybridized carbons (Fsp3) is 0.200. The first-order chi connectivity index (χ1) is 7.16. The summed E-state index contributed by atoms with van der Waals surface area (Å²) in [6, 6.07) is 5.77. The van der Waals surface area contributed by atoms with Crippen molar-refractivity contribution in [1.82, 2.24) is 9.55 Å². The van der Waals surface area contributed by atoms with Crippen LogP contribution in [0.4, 0.5) is 0 Å². The smallest absolute Gasteiger partial charge is 0.313 e. The first kappa shape index (κ1) is 10.0. The van der Waals surface area contributed by atoms with E-state index in [-0.39, 0.29) is 5.75 Å². The number of aliphatic carboxylic acids is 1. The van der Waals surface area contributed by atoms with Crippen molar-refractivity contribution in [1.29, 1.82) is 0 Å². The summed E-state index contributed by atoms with van der Waals surface area (Å²) >= 11 is 1.30. The number of hydrogen-bond acceptors (Lipinski definition) is 3. The Morgan fingerprint density at radius 1 is 1.60 bits per heavy atom. The summed E-state index contributed by atoms with van der Waals surface area (Å²) in [6.07, 6.45) is 1.75. The Hall–Kier alpha value is -1.49. The largest absolute Gasteiger partial charge is 0.481 e. The maximum atomic E-state index is 10.4. The van der Waals surface area contributed by atoms with E-state index in [0.29, 0.717) is 0 Å². The first-order valence-corrected chi connectivity index (χ1v) is 5.41. The van der Waals surface area contributed by atoms with Crippen molar-refractivity contribution in [3.05, 3.63) is 24.5 Å². The van der Waals surface area contributed by atoms with Crippen molar-refractivity contribution in [2.24, 2.45) is 7.05 Å². The van der Waals surface area contributed by atoms with E-state index >= 15 is 0 Å². The van der Waals surface area contributed by atoms with Gasteiger partial charge in [0.15, 0.2) is 0 Å². The van der Waals surface area contributed by atoms with Crippen LogP contribution < -0.4 is 0 Å². The summed E-state index contributed by atoms with van der Waals surface area (Å²) < 4.78 is 1.93. The summed E-state index contributed by atoms with van der Waals surface area (Å²) in [6.45, 7) is 0. The van der Waals surface area contributed by atoms with Crippen LogP contribution in [0.5, 0.6) is 0 Å². The highest BCUT2D eigenvalue weighted by Crippen LogP contribution is 2.22. The van der Waals surface area contributed by atoms with Crippen molar-refractivity contribution < 1.29 is 9.90 Å². The summed E-state index contributed by atoms with van der Waals surface area (Å²) in [5.74, 6) is -0.723. The minimum atomic E-state index is -0.805. The Labute approximate surface area is 90.9 Å². The second kappa shape index (κ2) is 3.94. The van der Waals surface area contributed by atoms with Crippen LogP contribution in [0.25, 0.3) is 11.0 Å². The number of benzene rings is 1. The molecular weight excluding hydrogens is 212 g/mol. The molecule has 2 rings (SSSR count). The van der Waals surface area contributed by atoms with E-state index < -0.39 is 5.97 Å². The average Bonchev–Trinajstić information content (AvgIpc) is 2.57. The molecule has 0 aliphatic heterocycles. The van der Waals surface area contributed by atoms with E-state index in [1.807, 2.05) is 29.8 Å². The molecule has 0 aliphatic rings. The van der Waals surface area contributed by atoms with Crippen LogP contribution in [0, 0.1) is 0 Å². The molecule has 0 saturated heterocycles. The summed E-state index contributed by atoms with van der Waals surface area (Å²) in [7, 11) is 1.93. The third-order valence-corrected chi connectivity index (χ3v) is 3.04. The number of thioether (sulfide) groups is 1. The zero-order valence-electron chi connectivity index (χ0n) is 8.17. The van der Waals surface area contributed by atoms with E-state index in [9.17, 15) is 4.79 Å². The Kier molecular flexibility index (Phi) is 2.64. The van der Waals surface area contributed by atoms with Gasteiger partial charge in [0.2, 0.25) is 0 Å². The van der Waals surface area contributed by atoms with E-state index in [4.69, 9.17) is 5.11 Å². The number of carboxylic acid groups (broad SMARTS) is 1. The number of aromatic nitrogens is 2. The van der Waals surface area contributed by atoms with E-state index in [1.54, 1.807) is 6.33 Å². The standard InChI is InChI=1S/C10H10N2O2S/c1-12-6-11-8-4-7(2-3-9(8)12)15-5-10(13)14/h2-4,6H,5H2,1H3,(H,13,14). The molecule has 0 radical (unpaired) electrons. The molecule has 1 heterocycles. The maximum absolute atomic E-state index is 10.4. The monoisotopic (exact) mass is 222 g/mol. The zero-order valence-corrected chi connectivity index (χ0v) is 8.99. The zero-order chi connectivity index (χ0) is 10.8. The molecule has 2 aromatic rings. The number of fused-ring (bicyclic) bond motifs is 1. The van der Waals surface area contributed by atoms with Crippen molar-refractivity contribution in [2.75, 3.05) is 5.75 Å². The molecule has 1 N–H and O–H groups in total. The SMILES string of the molecule is Cn1cnc2cc(SCC(=O)O)ccc21. The Balaban J connectivity index is 2.27. The van der Waals surface area contributed by atoms with Gasteiger partial charge < -0.3 is 9.67 Å². The number of nitrogens with zero attached hydrogens (tertiary/aromatic N) is 2. The van der Waals surface area contributed by atoms with Gasteiger partial charge in [-0.25, -0.2) is 4.98 Å². The fourth-order valence-corrected chi connectivity index (χ4v) is 2.00. The highest BCUT2D eigenvalue weighted by Gasteiger charge is 2.03. The van der Waals surface area contributed by atoms with Gasteiger partial charge in [-0.15, -0.1) is 11.8 Å². The number of carboxylic acids is 1. The van der Waals surface area contributed by atoms with Gasteiger partial charge in [0.25, 0.3) is 0 Å². The van der Waals surface area contributed by atoms with E-state index in [2.05, 4.69) is 4.98 Å². The number of rotatable bonds is 3. The Bertz CT molecular complexity index is 507. The highest BCUT2D eigenvalue weighted by atomic mass is 32.2.